The lowest BCUT2D eigenvalue weighted by Crippen LogP contribution is -2.17. The summed E-state index contributed by atoms with van der Waals surface area (Å²) >= 11 is 0. The van der Waals surface area contributed by atoms with Crippen LogP contribution in [-0.4, -0.2) is 5.11 Å². The largest absolute Gasteiger partial charge is 0.398 e. The SMILES string of the molecule is CC1(C)CC=C(c2ccc(C(C)(C)O)cc2N)CC1. The van der Waals surface area contributed by atoms with Gasteiger partial charge in [0.25, 0.3) is 0 Å². The number of hydrogen-bond acceptors (Lipinski definition) is 2. The Kier molecular flexibility index (Phi) is 3.48. The van der Waals surface area contributed by atoms with Crippen molar-refractivity contribution in [1.29, 1.82) is 0 Å². The quantitative estimate of drug-likeness (QED) is 0.786. The Morgan fingerprint density at radius 1 is 1.26 bits per heavy atom. The van der Waals surface area contributed by atoms with Crippen LogP contribution in [0.2, 0.25) is 0 Å². The van der Waals surface area contributed by atoms with Crippen molar-refractivity contribution in [2.75, 3.05) is 5.73 Å². The highest BCUT2D eigenvalue weighted by molar-refractivity contribution is 5.76. The summed E-state index contributed by atoms with van der Waals surface area (Å²) in [6, 6.07) is 5.93. The van der Waals surface area contributed by atoms with Crippen LogP contribution in [0.15, 0.2) is 24.3 Å². The van der Waals surface area contributed by atoms with Crippen LogP contribution in [0.4, 0.5) is 5.69 Å². The predicted octanol–water partition coefficient (Wildman–Crippen LogP) is 4.09. The lowest BCUT2D eigenvalue weighted by Gasteiger charge is -2.29. The first kappa shape index (κ1) is 14.1. The summed E-state index contributed by atoms with van der Waals surface area (Å²) in [5.74, 6) is 0. The molecule has 0 aromatic heterocycles. The van der Waals surface area contributed by atoms with E-state index in [-0.39, 0.29) is 0 Å². The molecule has 2 nitrogen and oxygen atoms in total. The van der Waals surface area contributed by atoms with Crippen LogP contribution >= 0.6 is 0 Å². The van der Waals surface area contributed by atoms with E-state index >= 15 is 0 Å². The molecule has 0 aliphatic heterocycles. The third-order valence-corrected chi connectivity index (χ3v) is 4.08. The molecule has 0 fully saturated rings. The number of anilines is 1. The number of hydrogen-bond donors (Lipinski definition) is 2. The third-order valence-electron chi connectivity index (χ3n) is 4.08. The third kappa shape index (κ3) is 3.19. The highest BCUT2D eigenvalue weighted by atomic mass is 16.3. The number of benzene rings is 1. The molecular weight excluding hydrogens is 234 g/mol. The molecule has 0 bridgehead atoms. The molecule has 0 atom stereocenters. The van der Waals surface area contributed by atoms with Crippen molar-refractivity contribution >= 4 is 11.3 Å². The van der Waals surface area contributed by atoms with Crippen LogP contribution in [0.3, 0.4) is 0 Å². The molecule has 0 radical (unpaired) electrons. The minimum absolute atomic E-state index is 0.408. The van der Waals surface area contributed by atoms with Crippen molar-refractivity contribution in [3.05, 3.63) is 35.4 Å². The number of nitrogen functional groups attached to an aromatic ring is 1. The van der Waals surface area contributed by atoms with Gasteiger partial charge in [0, 0.05) is 11.3 Å². The van der Waals surface area contributed by atoms with Crippen molar-refractivity contribution in [3.8, 4) is 0 Å². The Hall–Kier alpha value is -1.28. The van der Waals surface area contributed by atoms with Crippen LogP contribution in [0.1, 0.15) is 58.1 Å². The van der Waals surface area contributed by atoms with Crippen LogP contribution in [0.25, 0.3) is 5.57 Å². The van der Waals surface area contributed by atoms with Crippen LogP contribution in [0.5, 0.6) is 0 Å². The normalized spacial score (nSPS) is 19.1. The number of aliphatic hydroxyl groups is 1. The summed E-state index contributed by atoms with van der Waals surface area (Å²) in [6.07, 6.45) is 5.71. The number of nitrogens with two attached hydrogens (primary N) is 1. The minimum Gasteiger partial charge on any atom is -0.398 e. The van der Waals surface area contributed by atoms with Gasteiger partial charge in [0.05, 0.1) is 5.60 Å². The zero-order valence-electron chi connectivity index (χ0n) is 12.5. The highest BCUT2D eigenvalue weighted by Gasteiger charge is 2.23. The molecule has 0 heterocycles. The van der Waals surface area contributed by atoms with E-state index in [0.717, 1.165) is 29.7 Å². The summed E-state index contributed by atoms with van der Waals surface area (Å²) in [5, 5.41) is 10.0. The maximum Gasteiger partial charge on any atom is 0.0841 e. The summed E-state index contributed by atoms with van der Waals surface area (Å²) < 4.78 is 0. The molecule has 0 amide bonds. The second kappa shape index (κ2) is 4.68. The molecule has 0 saturated heterocycles. The van der Waals surface area contributed by atoms with Crippen molar-refractivity contribution in [1.82, 2.24) is 0 Å². The lowest BCUT2D eigenvalue weighted by molar-refractivity contribution is 0.0786. The molecule has 1 aromatic rings. The van der Waals surface area contributed by atoms with E-state index in [1.54, 1.807) is 13.8 Å². The fraction of sp³-hybridized carbons (Fsp3) is 0.529. The van der Waals surface area contributed by atoms with Crippen molar-refractivity contribution in [2.45, 2.75) is 52.6 Å². The first-order valence-electron chi connectivity index (χ1n) is 7.01. The number of rotatable bonds is 2. The first-order chi connectivity index (χ1) is 8.69. The lowest BCUT2D eigenvalue weighted by atomic mass is 9.76. The molecule has 2 rings (SSSR count). The highest BCUT2D eigenvalue weighted by Crippen LogP contribution is 2.39. The van der Waals surface area contributed by atoms with Crippen LogP contribution in [0, 0.1) is 5.41 Å². The molecule has 1 aromatic carbocycles. The van der Waals surface area contributed by atoms with E-state index in [9.17, 15) is 5.11 Å². The van der Waals surface area contributed by atoms with Gasteiger partial charge in [-0.3, -0.25) is 0 Å². The van der Waals surface area contributed by atoms with Gasteiger partial charge in [-0.15, -0.1) is 0 Å². The molecule has 1 aliphatic carbocycles. The molecule has 19 heavy (non-hydrogen) atoms. The summed E-state index contributed by atoms with van der Waals surface area (Å²) in [7, 11) is 0. The Bertz CT molecular complexity index is 506. The van der Waals surface area contributed by atoms with E-state index in [4.69, 9.17) is 5.73 Å². The minimum atomic E-state index is -0.838. The van der Waals surface area contributed by atoms with E-state index < -0.39 is 5.60 Å². The first-order valence-corrected chi connectivity index (χ1v) is 7.01. The van der Waals surface area contributed by atoms with Crippen molar-refractivity contribution in [2.24, 2.45) is 5.41 Å². The molecule has 0 saturated carbocycles. The van der Waals surface area contributed by atoms with Gasteiger partial charge in [-0.2, -0.15) is 0 Å². The van der Waals surface area contributed by atoms with Gasteiger partial charge in [-0.1, -0.05) is 32.1 Å². The second-order valence-electron chi connectivity index (χ2n) is 6.96. The van der Waals surface area contributed by atoms with Crippen LogP contribution in [-0.2, 0) is 5.60 Å². The zero-order valence-corrected chi connectivity index (χ0v) is 12.5. The molecule has 2 heteroatoms. The Morgan fingerprint density at radius 2 is 1.95 bits per heavy atom. The van der Waals surface area contributed by atoms with Gasteiger partial charge >= 0.3 is 0 Å². The van der Waals surface area contributed by atoms with Gasteiger partial charge < -0.3 is 10.8 Å². The van der Waals surface area contributed by atoms with Gasteiger partial charge in [0.15, 0.2) is 0 Å². The molecule has 104 valence electrons. The maximum absolute atomic E-state index is 10.0. The van der Waals surface area contributed by atoms with E-state index in [2.05, 4.69) is 19.9 Å². The predicted molar refractivity (Wildman–Crippen MR) is 81.7 cm³/mol. The van der Waals surface area contributed by atoms with Crippen molar-refractivity contribution in [3.63, 3.8) is 0 Å². The van der Waals surface area contributed by atoms with Crippen molar-refractivity contribution < 1.29 is 5.11 Å². The standard InChI is InChI=1S/C17H25NO/c1-16(2)9-7-12(8-10-16)14-6-5-13(11-15(14)18)17(3,4)19/h5-7,11,19H,8-10,18H2,1-4H3. The maximum atomic E-state index is 10.0. The Balaban J connectivity index is 2.30. The molecule has 1 aliphatic rings. The van der Waals surface area contributed by atoms with E-state index in [0.29, 0.717) is 5.41 Å². The van der Waals surface area contributed by atoms with Gasteiger partial charge in [-0.25, -0.2) is 0 Å². The Labute approximate surface area is 116 Å². The summed E-state index contributed by atoms with van der Waals surface area (Å²) in [4.78, 5) is 0. The average Bonchev–Trinajstić information content (AvgIpc) is 2.28. The molecule has 3 N–H and O–H groups in total. The average molecular weight is 259 g/mol. The monoisotopic (exact) mass is 259 g/mol. The topological polar surface area (TPSA) is 46.2 Å². The van der Waals surface area contributed by atoms with Gasteiger partial charge in [0.2, 0.25) is 0 Å². The van der Waals surface area contributed by atoms with Crippen LogP contribution < -0.4 is 5.73 Å². The van der Waals surface area contributed by atoms with E-state index in [1.807, 2.05) is 18.2 Å². The molecule has 0 spiro atoms. The number of allylic oxidation sites excluding steroid dienone is 2. The van der Waals surface area contributed by atoms with E-state index in [1.165, 1.54) is 12.0 Å². The summed E-state index contributed by atoms with van der Waals surface area (Å²) in [5.41, 5.74) is 9.84. The smallest absolute Gasteiger partial charge is 0.0841 e. The fourth-order valence-corrected chi connectivity index (χ4v) is 2.56. The van der Waals surface area contributed by atoms with Gasteiger partial charge in [0.1, 0.15) is 0 Å². The Morgan fingerprint density at radius 3 is 2.42 bits per heavy atom. The molecule has 0 unspecified atom stereocenters. The van der Waals surface area contributed by atoms with Gasteiger partial charge in [-0.05, 0) is 55.7 Å². The fourth-order valence-electron chi connectivity index (χ4n) is 2.56. The summed E-state index contributed by atoms with van der Waals surface area (Å²) in [6.45, 7) is 8.18. The zero-order chi connectivity index (χ0) is 14.3. The second-order valence-corrected chi connectivity index (χ2v) is 6.96. The molecular formula is C17H25NO.